The SMILES string of the molecule is CN1CC2(CC(C(=O)Cc3cc4nc(-c5cnn(C)c5)ccc4cn3)C2)C1. The number of nitrogens with zero attached hydrogens (tertiary/aromatic N) is 5. The Morgan fingerprint density at radius 3 is 2.74 bits per heavy atom. The van der Waals surface area contributed by atoms with E-state index < -0.39 is 0 Å². The number of carbonyl (C=O) groups is 1. The molecule has 0 radical (unpaired) electrons. The van der Waals surface area contributed by atoms with E-state index in [2.05, 4.69) is 22.0 Å². The first kappa shape index (κ1) is 16.6. The summed E-state index contributed by atoms with van der Waals surface area (Å²) in [6.07, 6.45) is 8.08. The van der Waals surface area contributed by atoms with Crippen LogP contribution in [0, 0.1) is 11.3 Å². The molecule has 0 aromatic carbocycles. The molecular weight excluding hydrogens is 338 g/mol. The van der Waals surface area contributed by atoms with Crippen molar-refractivity contribution in [3.05, 3.63) is 42.5 Å². The summed E-state index contributed by atoms with van der Waals surface area (Å²) in [5, 5.41) is 5.20. The van der Waals surface area contributed by atoms with Gasteiger partial charge in [0.15, 0.2) is 0 Å². The molecule has 6 nitrogen and oxygen atoms in total. The Morgan fingerprint density at radius 1 is 1.22 bits per heavy atom. The van der Waals surface area contributed by atoms with Crippen molar-refractivity contribution in [1.82, 2.24) is 24.6 Å². The quantitative estimate of drug-likeness (QED) is 0.714. The van der Waals surface area contributed by atoms with Gasteiger partial charge in [-0.1, -0.05) is 0 Å². The van der Waals surface area contributed by atoms with Crippen LogP contribution in [0.2, 0.25) is 0 Å². The van der Waals surface area contributed by atoms with E-state index in [1.165, 1.54) is 0 Å². The number of Topliss-reactive ketones (excluding diaryl/α,β-unsaturated/α-hetero) is 1. The van der Waals surface area contributed by atoms with Crippen LogP contribution >= 0.6 is 0 Å². The Bertz CT molecular complexity index is 1030. The number of hydrogen-bond donors (Lipinski definition) is 0. The molecule has 5 rings (SSSR count). The second-order valence-electron chi connectivity index (χ2n) is 8.39. The molecule has 27 heavy (non-hydrogen) atoms. The average Bonchev–Trinajstić information content (AvgIpc) is 3.02. The van der Waals surface area contributed by atoms with Crippen molar-refractivity contribution in [2.24, 2.45) is 18.4 Å². The highest BCUT2D eigenvalue weighted by Gasteiger charge is 2.52. The van der Waals surface area contributed by atoms with Gasteiger partial charge in [-0.15, -0.1) is 0 Å². The number of pyridine rings is 2. The third-order valence-corrected chi connectivity index (χ3v) is 6.01. The van der Waals surface area contributed by atoms with Crippen molar-refractivity contribution in [1.29, 1.82) is 0 Å². The maximum absolute atomic E-state index is 12.6. The fourth-order valence-electron chi connectivity index (χ4n) is 4.76. The number of rotatable bonds is 4. The van der Waals surface area contributed by atoms with Crippen LogP contribution in [0.5, 0.6) is 0 Å². The normalized spacial score (nSPS) is 19.2. The zero-order valence-corrected chi connectivity index (χ0v) is 15.7. The molecule has 2 aliphatic rings. The number of carbonyl (C=O) groups excluding carboxylic acids is 1. The third-order valence-electron chi connectivity index (χ3n) is 6.01. The highest BCUT2D eigenvalue weighted by molar-refractivity contribution is 5.86. The van der Waals surface area contributed by atoms with E-state index >= 15 is 0 Å². The molecule has 1 aliphatic heterocycles. The zero-order valence-electron chi connectivity index (χ0n) is 15.7. The van der Waals surface area contributed by atoms with Crippen LogP contribution in [0.3, 0.4) is 0 Å². The van der Waals surface area contributed by atoms with Crippen LogP contribution in [-0.2, 0) is 18.3 Å². The number of fused-ring (bicyclic) bond motifs is 1. The molecule has 138 valence electrons. The van der Waals surface area contributed by atoms with Gasteiger partial charge in [-0.3, -0.25) is 14.5 Å². The van der Waals surface area contributed by atoms with Gasteiger partial charge in [0.25, 0.3) is 0 Å². The number of ketones is 1. The minimum absolute atomic E-state index is 0.214. The second-order valence-corrected chi connectivity index (χ2v) is 8.39. The van der Waals surface area contributed by atoms with E-state index in [4.69, 9.17) is 4.98 Å². The number of aryl methyl sites for hydroxylation is 1. The summed E-state index contributed by atoms with van der Waals surface area (Å²) in [4.78, 5) is 24.2. The molecule has 0 bridgehead atoms. The molecule has 1 aliphatic carbocycles. The first-order chi connectivity index (χ1) is 13.0. The molecule has 1 saturated carbocycles. The maximum atomic E-state index is 12.6. The minimum Gasteiger partial charge on any atom is -0.305 e. The van der Waals surface area contributed by atoms with Gasteiger partial charge in [0.05, 0.1) is 17.4 Å². The summed E-state index contributed by atoms with van der Waals surface area (Å²) in [5.41, 5.74) is 3.99. The van der Waals surface area contributed by atoms with Crippen LogP contribution < -0.4 is 0 Å². The number of aromatic nitrogens is 4. The molecule has 4 heterocycles. The summed E-state index contributed by atoms with van der Waals surface area (Å²) in [6.45, 7) is 2.29. The molecule has 0 amide bonds. The Morgan fingerprint density at radius 2 is 2.04 bits per heavy atom. The van der Waals surface area contributed by atoms with E-state index in [1.54, 1.807) is 4.68 Å². The number of hydrogen-bond acceptors (Lipinski definition) is 5. The van der Waals surface area contributed by atoms with Gasteiger partial charge in [0.1, 0.15) is 5.78 Å². The van der Waals surface area contributed by atoms with E-state index in [0.29, 0.717) is 17.6 Å². The van der Waals surface area contributed by atoms with Crippen LogP contribution in [0.15, 0.2) is 36.8 Å². The monoisotopic (exact) mass is 361 g/mol. The molecule has 0 atom stereocenters. The van der Waals surface area contributed by atoms with Gasteiger partial charge in [0, 0.05) is 61.5 Å². The predicted molar refractivity (Wildman–Crippen MR) is 103 cm³/mol. The summed E-state index contributed by atoms with van der Waals surface area (Å²) < 4.78 is 1.77. The predicted octanol–water partition coefficient (Wildman–Crippen LogP) is 2.48. The standard InChI is InChI=1S/C21H23N5O/c1-25-12-21(13-25)7-15(8-21)20(27)6-17-5-19-14(9-22-17)3-4-18(24-19)16-10-23-26(2)11-16/h3-5,9-11,15H,6-8,12-13H2,1-2H3. The maximum Gasteiger partial charge on any atom is 0.141 e. The lowest BCUT2D eigenvalue weighted by molar-refractivity contribution is -0.139. The first-order valence-corrected chi connectivity index (χ1v) is 9.46. The van der Waals surface area contributed by atoms with Crippen LogP contribution in [0.1, 0.15) is 18.5 Å². The van der Waals surface area contributed by atoms with Crippen molar-refractivity contribution in [2.75, 3.05) is 20.1 Å². The smallest absolute Gasteiger partial charge is 0.141 e. The molecule has 3 aromatic rings. The summed E-state index contributed by atoms with van der Waals surface area (Å²) in [6, 6.07) is 5.96. The fraction of sp³-hybridized carbons (Fsp3) is 0.429. The highest BCUT2D eigenvalue weighted by Crippen LogP contribution is 2.51. The summed E-state index contributed by atoms with van der Waals surface area (Å²) in [5.74, 6) is 0.538. The largest absolute Gasteiger partial charge is 0.305 e. The van der Waals surface area contributed by atoms with Crippen molar-refractivity contribution in [2.45, 2.75) is 19.3 Å². The Labute approximate surface area is 158 Å². The Balaban J connectivity index is 1.32. The van der Waals surface area contributed by atoms with Gasteiger partial charge < -0.3 is 4.90 Å². The second kappa shape index (κ2) is 5.96. The van der Waals surface area contributed by atoms with Crippen LogP contribution in [0.4, 0.5) is 0 Å². The molecule has 1 saturated heterocycles. The van der Waals surface area contributed by atoms with Crippen molar-refractivity contribution < 1.29 is 4.79 Å². The molecule has 2 fully saturated rings. The van der Waals surface area contributed by atoms with E-state index in [-0.39, 0.29) is 5.92 Å². The molecule has 3 aromatic heterocycles. The van der Waals surface area contributed by atoms with Crippen molar-refractivity contribution in [3.63, 3.8) is 0 Å². The van der Waals surface area contributed by atoms with E-state index in [9.17, 15) is 4.79 Å². The van der Waals surface area contributed by atoms with Gasteiger partial charge in [0.2, 0.25) is 0 Å². The van der Waals surface area contributed by atoms with Crippen molar-refractivity contribution >= 4 is 16.7 Å². The lowest BCUT2D eigenvalue weighted by atomic mass is 9.56. The lowest BCUT2D eigenvalue weighted by Gasteiger charge is -2.58. The minimum atomic E-state index is 0.214. The van der Waals surface area contributed by atoms with Crippen LogP contribution in [0.25, 0.3) is 22.2 Å². The zero-order chi connectivity index (χ0) is 18.6. The summed E-state index contributed by atoms with van der Waals surface area (Å²) >= 11 is 0. The average molecular weight is 361 g/mol. The van der Waals surface area contributed by atoms with Gasteiger partial charge in [-0.2, -0.15) is 5.10 Å². The Kier molecular flexibility index (Phi) is 3.65. The van der Waals surface area contributed by atoms with Gasteiger partial charge >= 0.3 is 0 Å². The molecule has 0 N–H and O–H groups in total. The molecule has 1 spiro atoms. The third kappa shape index (κ3) is 2.94. The lowest BCUT2D eigenvalue weighted by Crippen LogP contribution is -2.61. The van der Waals surface area contributed by atoms with Crippen LogP contribution in [-0.4, -0.2) is 50.6 Å². The van der Waals surface area contributed by atoms with E-state index in [1.807, 2.05) is 43.8 Å². The Hall–Kier alpha value is -2.60. The van der Waals surface area contributed by atoms with Crippen molar-refractivity contribution in [3.8, 4) is 11.3 Å². The van der Waals surface area contributed by atoms with Gasteiger partial charge in [-0.25, -0.2) is 4.98 Å². The summed E-state index contributed by atoms with van der Waals surface area (Å²) in [7, 11) is 4.04. The number of likely N-dealkylation sites (tertiary alicyclic amines) is 1. The molecular formula is C21H23N5O. The van der Waals surface area contributed by atoms with Gasteiger partial charge in [-0.05, 0) is 43.5 Å². The first-order valence-electron chi connectivity index (χ1n) is 9.46. The highest BCUT2D eigenvalue weighted by atomic mass is 16.1. The molecule has 0 unspecified atom stereocenters. The van der Waals surface area contributed by atoms with E-state index in [0.717, 1.165) is 53.8 Å². The molecule has 6 heteroatoms. The fourth-order valence-corrected chi connectivity index (χ4v) is 4.76. The topological polar surface area (TPSA) is 63.9 Å².